The number of aliphatic hydroxyl groups excluding tert-OH is 1. The van der Waals surface area contributed by atoms with Crippen LogP contribution in [0.5, 0.6) is 5.75 Å². The summed E-state index contributed by atoms with van der Waals surface area (Å²) in [6, 6.07) is 9.59. The zero-order chi connectivity index (χ0) is 21.4. The first-order valence-corrected chi connectivity index (χ1v) is 9.88. The molecule has 0 radical (unpaired) electrons. The molecule has 1 amide bonds. The fourth-order valence-electron chi connectivity index (χ4n) is 3.78. The van der Waals surface area contributed by atoms with Gasteiger partial charge in [-0.3, -0.25) is 9.59 Å². The molecule has 0 bridgehead atoms. The molecule has 0 spiro atoms. The number of rotatable bonds is 7. The third kappa shape index (κ3) is 3.16. The van der Waals surface area contributed by atoms with E-state index in [9.17, 15) is 14.7 Å². The summed E-state index contributed by atoms with van der Waals surface area (Å²) in [5, 5.41) is 11.3. The van der Waals surface area contributed by atoms with Crippen LogP contribution in [0.4, 0.5) is 0 Å². The van der Waals surface area contributed by atoms with Crippen LogP contribution in [0.1, 0.15) is 47.9 Å². The van der Waals surface area contributed by atoms with Crippen LogP contribution >= 0.6 is 0 Å². The van der Waals surface area contributed by atoms with Gasteiger partial charge in [0.1, 0.15) is 17.6 Å². The van der Waals surface area contributed by atoms with Crippen molar-refractivity contribution < 1.29 is 28.3 Å². The Hall–Kier alpha value is -3.48. The Balaban J connectivity index is 1.80. The summed E-state index contributed by atoms with van der Waals surface area (Å²) in [6.07, 6.45) is 1.60. The zero-order valence-electron chi connectivity index (χ0n) is 17.1. The van der Waals surface area contributed by atoms with E-state index in [4.69, 9.17) is 13.6 Å². The van der Waals surface area contributed by atoms with Crippen LogP contribution in [0.2, 0.25) is 0 Å². The van der Waals surface area contributed by atoms with E-state index >= 15 is 0 Å². The Morgan fingerprint density at radius 1 is 1.23 bits per heavy atom. The molecule has 4 rings (SSSR count). The summed E-state index contributed by atoms with van der Waals surface area (Å²) in [7, 11) is 1.52. The van der Waals surface area contributed by atoms with Crippen LogP contribution in [-0.2, 0) is 4.79 Å². The Labute approximate surface area is 173 Å². The summed E-state index contributed by atoms with van der Waals surface area (Å²) in [6.45, 7) is 4.19. The Morgan fingerprint density at radius 3 is 2.70 bits per heavy atom. The average Bonchev–Trinajstić information content (AvgIpc) is 3.43. The highest BCUT2D eigenvalue weighted by Gasteiger charge is 2.45. The summed E-state index contributed by atoms with van der Waals surface area (Å²) >= 11 is 0. The standard InChI is InChI=1S/C23H23NO6/c1-4-5-11-24-19(15-10-9-13(2)29-15)18(21(26)23(24)27)20(25)17-12-14-7-6-8-16(28-3)22(14)30-17/h6-10,12,19,26H,4-5,11H2,1-3H3. The van der Waals surface area contributed by atoms with Crippen LogP contribution in [0, 0.1) is 6.92 Å². The van der Waals surface area contributed by atoms with Crippen molar-refractivity contribution in [2.75, 3.05) is 13.7 Å². The number of fused-ring (bicyclic) bond motifs is 1. The van der Waals surface area contributed by atoms with Gasteiger partial charge < -0.3 is 23.6 Å². The number of methoxy groups -OCH3 is 1. The molecule has 2 aromatic heterocycles. The Bertz CT molecular complexity index is 1150. The maximum absolute atomic E-state index is 13.4. The molecule has 1 N–H and O–H groups in total. The van der Waals surface area contributed by atoms with E-state index in [0.29, 0.717) is 34.8 Å². The van der Waals surface area contributed by atoms with E-state index in [1.807, 2.05) is 6.92 Å². The number of aliphatic hydroxyl groups is 1. The van der Waals surface area contributed by atoms with Crippen molar-refractivity contribution in [2.45, 2.75) is 32.7 Å². The number of ketones is 1. The lowest BCUT2D eigenvalue weighted by Crippen LogP contribution is -2.31. The van der Waals surface area contributed by atoms with Crippen LogP contribution in [0.25, 0.3) is 11.0 Å². The number of Topliss-reactive ketones (excluding diaryl/α,β-unsaturated/α-hetero) is 1. The van der Waals surface area contributed by atoms with Gasteiger partial charge >= 0.3 is 0 Å². The van der Waals surface area contributed by atoms with E-state index in [-0.39, 0.29) is 11.3 Å². The summed E-state index contributed by atoms with van der Waals surface area (Å²) in [5.41, 5.74) is 0.393. The van der Waals surface area contributed by atoms with Gasteiger partial charge in [0.2, 0.25) is 5.78 Å². The SMILES string of the molecule is CCCCN1C(=O)C(O)=C(C(=O)c2cc3cccc(OC)c3o2)C1c1ccc(C)o1. The summed E-state index contributed by atoms with van der Waals surface area (Å²) in [5.74, 6) is -0.110. The first-order chi connectivity index (χ1) is 14.5. The van der Waals surface area contributed by atoms with Crippen LogP contribution < -0.4 is 4.74 Å². The second-order valence-corrected chi connectivity index (χ2v) is 7.28. The number of carbonyl (C=O) groups excluding carboxylic acids is 2. The number of furan rings is 2. The van der Waals surface area contributed by atoms with Crippen molar-refractivity contribution in [1.82, 2.24) is 4.90 Å². The minimum atomic E-state index is -0.805. The normalized spacial score (nSPS) is 16.7. The third-order valence-corrected chi connectivity index (χ3v) is 5.28. The summed E-state index contributed by atoms with van der Waals surface area (Å²) < 4.78 is 16.8. The second kappa shape index (κ2) is 7.74. The van der Waals surface area contributed by atoms with Crippen LogP contribution in [0.3, 0.4) is 0 Å². The lowest BCUT2D eigenvalue weighted by molar-refractivity contribution is -0.129. The van der Waals surface area contributed by atoms with Gasteiger partial charge in [-0.1, -0.05) is 25.5 Å². The van der Waals surface area contributed by atoms with Gasteiger partial charge in [-0.15, -0.1) is 0 Å². The number of hydrogen-bond acceptors (Lipinski definition) is 6. The molecule has 156 valence electrons. The molecular weight excluding hydrogens is 386 g/mol. The lowest BCUT2D eigenvalue weighted by Gasteiger charge is -2.24. The zero-order valence-corrected chi connectivity index (χ0v) is 17.1. The Morgan fingerprint density at radius 2 is 2.03 bits per heavy atom. The summed E-state index contributed by atoms with van der Waals surface area (Å²) in [4.78, 5) is 27.7. The topological polar surface area (TPSA) is 93.1 Å². The number of amides is 1. The van der Waals surface area contributed by atoms with E-state index in [2.05, 4.69) is 0 Å². The number of hydrogen-bond donors (Lipinski definition) is 1. The highest BCUT2D eigenvalue weighted by Crippen LogP contribution is 2.40. The molecule has 1 atom stereocenters. The van der Waals surface area contributed by atoms with Crippen molar-refractivity contribution in [2.24, 2.45) is 0 Å². The highest BCUT2D eigenvalue weighted by atomic mass is 16.5. The smallest absolute Gasteiger partial charge is 0.290 e. The molecule has 7 nitrogen and oxygen atoms in total. The number of benzene rings is 1. The molecule has 0 saturated heterocycles. The van der Waals surface area contributed by atoms with E-state index in [0.717, 1.165) is 12.8 Å². The van der Waals surface area contributed by atoms with E-state index < -0.39 is 23.5 Å². The number of para-hydroxylation sites is 1. The number of nitrogens with zero attached hydrogens (tertiary/aromatic N) is 1. The van der Waals surface area contributed by atoms with Crippen LogP contribution in [0.15, 0.2) is 56.6 Å². The molecule has 0 fully saturated rings. The monoisotopic (exact) mass is 409 g/mol. The largest absolute Gasteiger partial charge is 0.503 e. The molecule has 7 heteroatoms. The second-order valence-electron chi connectivity index (χ2n) is 7.28. The molecule has 3 aromatic rings. The van der Waals surface area contributed by atoms with E-state index in [1.54, 1.807) is 43.3 Å². The van der Waals surface area contributed by atoms with Crippen LogP contribution in [-0.4, -0.2) is 35.4 Å². The predicted octanol–water partition coefficient (Wildman–Crippen LogP) is 4.72. The molecular formula is C23H23NO6. The number of ether oxygens (including phenoxy) is 1. The fourth-order valence-corrected chi connectivity index (χ4v) is 3.78. The van der Waals surface area contributed by atoms with Gasteiger partial charge in [-0.25, -0.2) is 0 Å². The maximum atomic E-state index is 13.4. The maximum Gasteiger partial charge on any atom is 0.290 e. The van der Waals surface area contributed by atoms with Crippen molar-refractivity contribution in [3.8, 4) is 5.75 Å². The lowest BCUT2D eigenvalue weighted by atomic mass is 9.99. The molecule has 0 saturated carbocycles. The van der Waals surface area contributed by atoms with Gasteiger partial charge in [0.15, 0.2) is 22.9 Å². The van der Waals surface area contributed by atoms with Gasteiger partial charge in [0.05, 0.1) is 12.7 Å². The quantitative estimate of drug-likeness (QED) is 0.568. The third-order valence-electron chi connectivity index (χ3n) is 5.28. The van der Waals surface area contributed by atoms with Gasteiger partial charge in [-0.2, -0.15) is 0 Å². The molecule has 1 aliphatic rings. The minimum Gasteiger partial charge on any atom is -0.503 e. The first-order valence-electron chi connectivity index (χ1n) is 9.88. The Kier molecular flexibility index (Phi) is 5.11. The van der Waals surface area contributed by atoms with Gasteiger partial charge in [-0.05, 0) is 37.6 Å². The van der Waals surface area contributed by atoms with Crippen molar-refractivity contribution in [1.29, 1.82) is 0 Å². The molecule has 30 heavy (non-hydrogen) atoms. The minimum absolute atomic E-state index is 0.0227. The molecule has 1 unspecified atom stereocenters. The number of unbranched alkanes of at least 4 members (excludes halogenated alkanes) is 1. The van der Waals surface area contributed by atoms with Crippen molar-refractivity contribution >= 4 is 22.7 Å². The molecule has 1 aliphatic heterocycles. The van der Waals surface area contributed by atoms with E-state index in [1.165, 1.54) is 12.0 Å². The van der Waals surface area contributed by atoms with Gasteiger partial charge in [0, 0.05) is 11.9 Å². The number of carbonyl (C=O) groups is 2. The number of aryl methyl sites for hydroxylation is 1. The molecule has 3 heterocycles. The molecule has 0 aliphatic carbocycles. The average molecular weight is 409 g/mol. The predicted molar refractivity (Wildman–Crippen MR) is 110 cm³/mol. The van der Waals surface area contributed by atoms with Crippen molar-refractivity contribution in [3.05, 3.63) is 65.0 Å². The van der Waals surface area contributed by atoms with Gasteiger partial charge in [0.25, 0.3) is 5.91 Å². The fraction of sp³-hybridized carbons (Fsp3) is 0.304. The first kappa shape index (κ1) is 19.8. The van der Waals surface area contributed by atoms with Crippen molar-refractivity contribution in [3.63, 3.8) is 0 Å². The highest BCUT2D eigenvalue weighted by molar-refractivity contribution is 6.16. The molecule has 1 aromatic carbocycles.